The average Bonchev–Trinajstić information content (AvgIpc) is 1.61. The molecule has 3 aliphatic rings. The molecule has 2 nitrogen and oxygen atoms in total. The van der Waals surface area contributed by atoms with Crippen LogP contribution >= 0.6 is 0 Å². The minimum absolute atomic E-state index is 0.0286. The van der Waals surface area contributed by atoms with E-state index in [0.29, 0.717) is 0 Å². The minimum atomic E-state index is -0.215. The van der Waals surface area contributed by atoms with Crippen molar-refractivity contribution in [2.75, 3.05) is 9.80 Å². The number of hydrogen-bond donors (Lipinski definition) is 0. The molecule has 0 saturated heterocycles. The molecule has 0 N–H and O–H groups in total. The third kappa shape index (κ3) is 10.3. The van der Waals surface area contributed by atoms with Gasteiger partial charge in [-0.15, -0.1) is 0 Å². The number of nitrogens with zero attached hydrogens (tertiary/aromatic N) is 2. The highest BCUT2D eigenvalue weighted by Crippen LogP contribution is 2.53. The lowest BCUT2D eigenvalue weighted by Crippen LogP contribution is -2.33. The first kappa shape index (κ1) is 56.9. The third-order valence-electron chi connectivity index (χ3n) is 19.7. The molecule has 440 valence electrons. The zero-order chi connectivity index (χ0) is 62.3. The van der Waals surface area contributed by atoms with Gasteiger partial charge in [0.15, 0.2) is 0 Å². The van der Waals surface area contributed by atoms with Crippen LogP contribution in [0.15, 0.2) is 284 Å². The van der Waals surface area contributed by atoms with Gasteiger partial charge in [-0.3, -0.25) is 0 Å². The molecule has 0 aromatic heterocycles. The molecule has 0 saturated carbocycles. The van der Waals surface area contributed by atoms with Gasteiger partial charge < -0.3 is 9.80 Å². The van der Waals surface area contributed by atoms with Crippen molar-refractivity contribution in [2.45, 2.75) is 72.3 Å². The molecule has 0 radical (unpaired) electrons. The Morgan fingerprint density at radius 1 is 0.352 bits per heavy atom. The Bertz CT molecular complexity index is 5010. The maximum atomic E-state index is 4.67. The van der Waals surface area contributed by atoms with Gasteiger partial charge in [-0.1, -0.05) is 264 Å². The van der Waals surface area contributed by atoms with Gasteiger partial charge in [-0.2, -0.15) is 0 Å². The Kier molecular flexibility index (Phi) is 14.1. The average molecular weight is 1170 g/mol. The topological polar surface area (TPSA) is 6.48 Å². The summed E-state index contributed by atoms with van der Waals surface area (Å²) in [5.41, 5.74) is 31.6. The second kappa shape index (κ2) is 22.5. The number of rotatable bonds is 12. The lowest BCUT2D eigenvalue weighted by atomic mass is 9.81. The summed E-state index contributed by atoms with van der Waals surface area (Å²) in [5.74, 6) is 0. The molecule has 1 atom stereocenters. The van der Waals surface area contributed by atoms with E-state index in [1.54, 1.807) is 0 Å². The molecule has 2 heteroatoms. The first-order chi connectivity index (χ1) is 44.1. The summed E-state index contributed by atoms with van der Waals surface area (Å²) in [7, 11) is 0. The van der Waals surface area contributed by atoms with E-state index < -0.39 is 0 Å². The Morgan fingerprint density at radius 2 is 0.758 bits per heavy atom. The van der Waals surface area contributed by atoms with Crippen molar-refractivity contribution in [3.8, 4) is 44.5 Å². The standard InChI is InChI=1S/C89H74N2/c1-57-48-58(2)51-74(50-57)90(70-38-34-68(35-39-70)77-22-14-18-66-16-10-12-20-75(66)77)72-42-46-81-79-44-32-64(53-83(79)88(6,7)85(81)55-72)30-28-62-24-26-63(27-25-62)29-31-65-33-45-80-82-47-43-73(56-86(82)89(8,9)84(80)54-65)91(87-52-59(3)49-60(4)61(87)5)71-40-36-69(37-41-71)78-23-15-19-67-17-11-13-21-76(67)78/h10-56,87H,5H2,1-4,6-9H3/b30-28+,31-29+. The number of allylic oxidation sites excluding steroid dienone is 2. The van der Waals surface area contributed by atoms with Gasteiger partial charge in [0.1, 0.15) is 0 Å². The molecule has 12 aromatic rings. The summed E-state index contributed by atoms with van der Waals surface area (Å²) in [6.45, 7) is 23.0. The summed E-state index contributed by atoms with van der Waals surface area (Å²) in [6, 6.07) is 92.7. The second-order valence-electron chi connectivity index (χ2n) is 26.6. The van der Waals surface area contributed by atoms with Crippen molar-refractivity contribution >= 4 is 74.3 Å². The third-order valence-corrected chi connectivity index (χ3v) is 19.7. The summed E-state index contributed by atoms with van der Waals surface area (Å²) >= 11 is 0. The molecule has 12 aromatic carbocycles. The summed E-state index contributed by atoms with van der Waals surface area (Å²) in [5, 5.41) is 5.03. The molecule has 91 heavy (non-hydrogen) atoms. The maximum absolute atomic E-state index is 4.67. The largest absolute Gasteiger partial charge is 0.330 e. The normalized spacial score (nSPS) is 15.2. The van der Waals surface area contributed by atoms with Crippen LogP contribution in [0.2, 0.25) is 0 Å². The van der Waals surface area contributed by atoms with Crippen LogP contribution in [-0.4, -0.2) is 6.04 Å². The van der Waals surface area contributed by atoms with E-state index in [-0.39, 0.29) is 16.9 Å². The van der Waals surface area contributed by atoms with Crippen LogP contribution in [0.4, 0.5) is 28.4 Å². The molecular weight excluding hydrogens is 1100 g/mol. The molecule has 0 bridgehead atoms. The highest BCUT2D eigenvalue weighted by molar-refractivity contribution is 5.99. The molecule has 0 fully saturated rings. The van der Waals surface area contributed by atoms with Gasteiger partial charge in [0.2, 0.25) is 0 Å². The number of anilines is 5. The Hall–Kier alpha value is -10.5. The van der Waals surface area contributed by atoms with Gasteiger partial charge in [0.05, 0.1) is 6.04 Å². The maximum Gasteiger partial charge on any atom is 0.0778 e. The van der Waals surface area contributed by atoms with E-state index in [1.807, 2.05) is 0 Å². The van der Waals surface area contributed by atoms with Crippen molar-refractivity contribution in [3.05, 3.63) is 340 Å². The van der Waals surface area contributed by atoms with Crippen molar-refractivity contribution in [3.63, 3.8) is 0 Å². The highest BCUT2D eigenvalue weighted by Gasteiger charge is 2.38. The second-order valence-corrected chi connectivity index (χ2v) is 26.6. The van der Waals surface area contributed by atoms with E-state index in [2.05, 4.69) is 357 Å². The Morgan fingerprint density at radius 3 is 1.27 bits per heavy atom. The van der Waals surface area contributed by atoms with Gasteiger partial charge in [-0.05, 0) is 221 Å². The van der Waals surface area contributed by atoms with Crippen molar-refractivity contribution in [1.29, 1.82) is 0 Å². The molecule has 15 rings (SSSR count). The van der Waals surface area contributed by atoms with E-state index in [4.69, 9.17) is 0 Å². The summed E-state index contributed by atoms with van der Waals surface area (Å²) in [6.07, 6.45) is 13.6. The zero-order valence-corrected chi connectivity index (χ0v) is 53.3. The van der Waals surface area contributed by atoms with Gasteiger partial charge in [0.25, 0.3) is 0 Å². The fraction of sp³-hybridized carbons (Fsp3) is 0.124. The predicted molar refractivity (Wildman–Crippen MR) is 391 cm³/mol. The van der Waals surface area contributed by atoms with Gasteiger partial charge in [0, 0.05) is 39.3 Å². The molecule has 0 amide bonds. The smallest absolute Gasteiger partial charge is 0.0778 e. The van der Waals surface area contributed by atoms with E-state index >= 15 is 0 Å². The number of hydrogen-bond acceptors (Lipinski definition) is 2. The fourth-order valence-electron chi connectivity index (χ4n) is 14.9. The SMILES string of the molecule is C=C1C(C)=CC(C)=CC1N(c1ccc(-c2cccc3ccccc23)cc1)c1ccc2c(c1)C(C)(C)c1cc(/C=C/c3ccc(/C=C/c4ccc5c(c4)C(C)(C)c4cc(N(c6ccc(-c7cccc8ccccc78)cc6)c6cc(C)cc(C)c6)ccc4-5)cc3)ccc1-2. The van der Waals surface area contributed by atoms with Crippen molar-refractivity contribution in [2.24, 2.45) is 0 Å². The van der Waals surface area contributed by atoms with Crippen molar-refractivity contribution < 1.29 is 0 Å². The van der Waals surface area contributed by atoms with E-state index in [9.17, 15) is 0 Å². The van der Waals surface area contributed by atoms with Crippen LogP contribution in [0.1, 0.15) is 97.2 Å². The van der Waals surface area contributed by atoms with Crippen LogP contribution in [-0.2, 0) is 10.8 Å². The van der Waals surface area contributed by atoms with Crippen LogP contribution in [0.25, 0.3) is 90.4 Å². The van der Waals surface area contributed by atoms with Gasteiger partial charge in [-0.25, -0.2) is 0 Å². The van der Waals surface area contributed by atoms with Crippen LogP contribution < -0.4 is 9.80 Å². The molecule has 0 heterocycles. The number of aryl methyl sites for hydroxylation is 2. The molecular formula is C89H74N2. The molecule has 3 aliphatic carbocycles. The quantitative estimate of drug-likeness (QED) is 0.113. The lowest BCUT2D eigenvalue weighted by Gasteiger charge is -2.36. The Balaban J connectivity index is 0.652. The van der Waals surface area contributed by atoms with Gasteiger partial charge >= 0.3 is 0 Å². The summed E-state index contributed by atoms with van der Waals surface area (Å²) in [4.78, 5) is 4.92. The predicted octanol–water partition coefficient (Wildman–Crippen LogP) is 24.3. The molecule has 0 aliphatic heterocycles. The first-order valence-electron chi connectivity index (χ1n) is 32.1. The van der Waals surface area contributed by atoms with E-state index in [0.717, 1.165) is 34.0 Å². The fourth-order valence-corrected chi connectivity index (χ4v) is 14.9. The first-order valence-corrected chi connectivity index (χ1v) is 32.1. The lowest BCUT2D eigenvalue weighted by molar-refractivity contribution is 0.660. The Labute approximate surface area is 537 Å². The van der Waals surface area contributed by atoms with E-state index in [1.165, 1.54) is 133 Å². The van der Waals surface area contributed by atoms with Crippen molar-refractivity contribution in [1.82, 2.24) is 0 Å². The summed E-state index contributed by atoms with van der Waals surface area (Å²) < 4.78 is 0. The molecule has 0 spiro atoms. The minimum Gasteiger partial charge on any atom is -0.330 e. The highest BCUT2D eigenvalue weighted by atomic mass is 15.2. The monoisotopic (exact) mass is 1170 g/mol. The number of fused-ring (bicyclic) bond motifs is 8. The zero-order valence-electron chi connectivity index (χ0n) is 53.3. The van der Waals surface area contributed by atoms with Crippen LogP contribution in [0.3, 0.4) is 0 Å². The van der Waals surface area contributed by atoms with Crippen LogP contribution in [0, 0.1) is 13.8 Å². The number of benzene rings is 12. The molecule has 1 unspecified atom stereocenters. The van der Waals surface area contributed by atoms with Crippen LogP contribution in [0.5, 0.6) is 0 Å².